The van der Waals surface area contributed by atoms with Crippen LogP contribution in [0.25, 0.3) is 0 Å². The minimum atomic E-state index is -1.05. The van der Waals surface area contributed by atoms with E-state index in [1.54, 1.807) is 0 Å². The number of carbonyl (C=O) groups is 2. The molecule has 0 saturated heterocycles. The molecule has 0 fully saturated rings. The minimum Gasteiger partial charge on any atom is -0.480 e. The molecule has 0 aliphatic heterocycles. The van der Waals surface area contributed by atoms with Crippen LogP contribution >= 0.6 is 11.8 Å². The van der Waals surface area contributed by atoms with Gasteiger partial charge in [0, 0.05) is 14.2 Å². The molecule has 106 valence electrons. The van der Waals surface area contributed by atoms with E-state index >= 15 is 0 Å². The number of urea groups is 1. The predicted molar refractivity (Wildman–Crippen MR) is 68.8 cm³/mol. The normalized spacial score (nSPS) is 12.2. The highest BCUT2D eigenvalue weighted by Crippen LogP contribution is 2.00. The Bertz CT molecular complexity index is 261. The molecule has 1 unspecified atom stereocenters. The summed E-state index contributed by atoms with van der Waals surface area (Å²) in [5.41, 5.74) is 0. The van der Waals surface area contributed by atoms with Crippen LogP contribution in [0.1, 0.15) is 6.42 Å². The Labute approximate surface area is 111 Å². The van der Waals surface area contributed by atoms with Gasteiger partial charge in [0.25, 0.3) is 0 Å². The summed E-state index contributed by atoms with van der Waals surface area (Å²) in [4.78, 5) is 22.3. The van der Waals surface area contributed by atoms with Crippen LogP contribution in [0.4, 0.5) is 4.79 Å². The number of methoxy groups -OCH3 is 2. The number of thioether (sulfide) groups is 1. The Morgan fingerprint density at radius 3 is 2.39 bits per heavy atom. The number of carboxylic acid groups (broad SMARTS) is 1. The number of nitrogens with one attached hydrogen (secondary N) is 2. The van der Waals surface area contributed by atoms with Crippen molar-refractivity contribution in [1.82, 2.24) is 10.6 Å². The van der Waals surface area contributed by atoms with Crippen molar-refractivity contribution in [3.63, 3.8) is 0 Å². The summed E-state index contributed by atoms with van der Waals surface area (Å²) >= 11 is 1.52. The molecule has 3 N–H and O–H groups in total. The summed E-state index contributed by atoms with van der Waals surface area (Å²) in [6.45, 7) is 0.147. The number of hydrogen-bond donors (Lipinski definition) is 3. The molecule has 0 aromatic rings. The van der Waals surface area contributed by atoms with Gasteiger partial charge in [-0.25, -0.2) is 9.59 Å². The molecule has 8 heteroatoms. The van der Waals surface area contributed by atoms with Crippen LogP contribution in [0.3, 0.4) is 0 Å². The zero-order valence-corrected chi connectivity index (χ0v) is 11.6. The standard InChI is InChI=1S/C10H20N2O5S/c1-16-8(17-2)6-11-10(15)12-7(9(13)14)4-5-18-3/h7-8H,4-6H2,1-3H3,(H,13,14)(H2,11,12,15). The van der Waals surface area contributed by atoms with Crippen LogP contribution in [-0.4, -0.2) is 62.2 Å². The second-order valence-electron chi connectivity index (χ2n) is 3.43. The van der Waals surface area contributed by atoms with Crippen LogP contribution in [0.5, 0.6) is 0 Å². The van der Waals surface area contributed by atoms with E-state index in [4.69, 9.17) is 14.6 Å². The summed E-state index contributed by atoms with van der Waals surface area (Å²) in [7, 11) is 2.90. The van der Waals surface area contributed by atoms with Crippen LogP contribution < -0.4 is 10.6 Å². The Balaban J connectivity index is 4.05. The third kappa shape index (κ3) is 7.36. The van der Waals surface area contributed by atoms with Gasteiger partial charge in [-0.1, -0.05) is 0 Å². The first kappa shape index (κ1) is 17.0. The average Bonchev–Trinajstić information content (AvgIpc) is 2.35. The quantitative estimate of drug-likeness (QED) is 0.519. The van der Waals surface area contributed by atoms with E-state index in [0.717, 1.165) is 0 Å². The number of amides is 2. The molecule has 0 radical (unpaired) electrons. The van der Waals surface area contributed by atoms with E-state index < -0.39 is 24.3 Å². The van der Waals surface area contributed by atoms with Crippen molar-refractivity contribution in [2.24, 2.45) is 0 Å². The van der Waals surface area contributed by atoms with Gasteiger partial charge in [-0.15, -0.1) is 0 Å². The Morgan fingerprint density at radius 1 is 1.33 bits per heavy atom. The first-order chi connectivity index (χ1) is 8.54. The molecule has 7 nitrogen and oxygen atoms in total. The molecule has 0 heterocycles. The van der Waals surface area contributed by atoms with E-state index in [0.29, 0.717) is 12.2 Å². The fourth-order valence-corrected chi connectivity index (χ4v) is 1.61. The highest BCUT2D eigenvalue weighted by molar-refractivity contribution is 7.98. The molecule has 18 heavy (non-hydrogen) atoms. The second kappa shape index (κ2) is 9.98. The van der Waals surface area contributed by atoms with E-state index in [2.05, 4.69) is 10.6 Å². The maximum Gasteiger partial charge on any atom is 0.326 e. The van der Waals surface area contributed by atoms with Gasteiger partial charge in [-0.2, -0.15) is 11.8 Å². The summed E-state index contributed by atoms with van der Waals surface area (Å²) in [6.07, 6.45) is 1.70. The third-order valence-corrected chi connectivity index (χ3v) is 2.81. The van der Waals surface area contributed by atoms with Crippen LogP contribution in [0, 0.1) is 0 Å². The molecule has 0 bridgehead atoms. The molecular weight excluding hydrogens is 260 g/mol. The molecule has 2 amide bonds. The summed E-state index contributed by atoms with van der Waals surface area (Å²) in [6, 6.07) is -1.44. The van der Waals surface area contributed by atoms with Gasteiger partial charge in [0.15, 0.2) is 6.29 Å². The fraction of sp³-hybridized carbons (Fsp3) is 0.800. The lowest BCUT2D eigenvalue weighted by Crippen LogP contribution is -2.48. The molecule has 0 aromatic heterocycles. The number of ether oxygens (including phenoxy) is 2. The lowest BCUT2D eigenvalue weighted by molar-refractivity contribution is -0.139. The zero-order chi connectivity index (χ0) is 14.0. The highest BCUT2D eigenvalue weighted by atomic mass is 32.2. The smallest absolute Gasteiger partial charge is 0.326 e. The molecule has 0 aliphatic carbocycles. The Morgan fingerprint density at radius 2 is 1.94 bits per heavy atom. The van der Waals surface area contributed by atoms with Gasteiger partial charge >= 0.3 is 12.0 Å². The van der Waals surface area contributed by atoms with E-state index in [1.165, 1.54) is 26.0 Å². The van der Waals surface area contributed by atoms with Gasteiger partial charge in [0.05, 0.1) is 6.54 Å². The van der Waals surface area contributed by atoms with Gasteiger partial charge in [-0.05, 0) is 18.4 Å². The third-order valence-electron chi connectivity index (χ3n) is 2.17. The predicted octanol–water partition coefficient (Wildman–Crippen LogP) is 0.111. The zero-order valence-electron chi connectivity index (χ0n) is 10.8. The SMILES string of the molecule is COC(CNC(=O)NC(CCSC)C(=O)O)OC. The topological polar surface area (TPSA) is 96.9 Å². The van der Waals surface area contributed by atoms with E-state index in [-0.39, 0.29) is 6.54 Å². The van der Waals surface area contributed by atoms with Crippen molar-refractivity contribution in [2.45, 2.75) is 18.8 Å². The van der Waals surface area contributed by atoms with E-state index in [9.17, 15) is 9.59 Å². The Kier molecular flexibility index (Phi) is 9.43. The monoisotopic (exact) mass is 280 g/mol. The van der Waals surface area contributed by atoms with Gasteiger partial charge in [-0.3, -0.25) is 0 Å². The highest BCUT2D eigenvalue weighted by Gasteiger charge is 2.19. The van der Waals surface area contributed by atoms with Gasteiger partial charge in [0.1, 0.15) is 6.04 Å². The average molecular weight is 280 g/mol. The second-order valence-corrected chi connectivity index (χ2v) is 4.41. The van der Waals surface area contributed by atoms with Crippen molar-refractivity contribution >= 4 is 23.8 Å². The number of carbonyl (C=O) groups excluding carboxylic acids is 1. The summed E-state index contributed by atoms with van der Waals surface area (Å²) in [5, 5.41) is 13.8. The molecule has 0 spiro atoms. The van der Waals surface area contributed by atoms with Crippen molar-refractivity contribution in [2.75, 3.05) is 32.8 Å². The van der Waals surface area contributed by atoms with Gasteiger partial charge in [0.2, 0.25) is 0 Å². The maximum absolute atomic E-state index is 11.5. The van der Waals surface area contributed by atoms with Crippen molar-refractivity contribution < 1.29 is 24.2 Å². The van der Waals surface area contributed by atoms with Crippen LogP contribution in [-0.2, 0) is 14.3 Å². The molecular formula is C10H20N2O5S. The van der Waals surface area contributed by atoms with Crippen molar-refractivity contribution in [3.8, 4) is 0 Å². The maximum atomic E-state index is 11.5. The fourth-order valence-electron chi connectivity index (χ4n) is 1.14. The first-order valence-corrected chi connectivity index (χ1v) is 6.76. The first-order valence-electron chi connectivity index (χ1n) is 5.36. The molecule has 0 rings (SSSR count). The largest absolute Gasteiger partial charge is 0.480 e. The van der Waals surface area contributed by atoms with Crippen molar-refractivity contribution in [3.05, 3.63) is 0 Å². The number of rotatable bonds is 9. The summed E-state index contributed by atoms with van der Waals surface area (Å²) < 4.78 is 9.77. The van der Waals surface area contributed by atoms with Crippen LogP contribution in [0.15, 0.2) is 0 Å². The number of carboxylic acids is 1. The lowest BCUT2D eigenvalue weighted by atomic mass is 10.2. The molecule has 1 atom stereocenters. The summed E-state index contributed by atoms with van der Waals surface area (Å²) in [5.74, 6) is -0.384. The number of aliphatic carboxylic acids is 1. The van der Waals surface area contributed by atoms with Gasteiger partial charge < -0.3 is 25.2 Å². The Hall–Kier alpha value is -0.990. The van der Waals surface area contributed by atoms with E-state index in [1.807, 2.05) is 6.26 Å². The van der Waals surface area contributed by atoms with Crippen molar-refractivity contribution in [1.29, 1.82) is 0 Å². The van der Waals surface area contributed by atoms with Crippen LogP contribution in [0.2, 0.25) is 0 Å². The molecule has 0 saturated carbocycles. The lowest BCUT2D eigenvalue weighted by Gasteiger charge is -2.17. The molecule has 0 aromatic carbocycles. The minimum absolute atomic E-state index is 0.147. The molecule has 0 aliphatic rings. The number of hydrogen-bond acceptors (Lipinski definition) is 5.